The number of hydrazone groups is 1. The van der Waals surface area contributed by atoms with Crippen molar-refractivity contribution in [3.8, 4) is 11.3 Å². The number of halogens is 2. The number of para-hydroxylation sites is 1. The third-order valence-corrected chi connectivity index (χ3v) is 8.65. The smallest absolute Gasteiger partial charge is 0.267 e. The largest absolute Gasteiger partial charge is 0.275 e. The van der Waals surface area contributed by atoms with Gasteiger partial charge in [0, 0.05) is 26.9 Å². The second-order valence-electron chi connectivity index (χ2n) is 10.8. The van der Waals surface area contributed by atoms with Crippen molar-refractivity contribution in [1.29, 1.82) is 0 Å². The van der Waals surface area contributed by atoms with Gasteiger partial charge in [-0.2, -0.15) is 5.10 Å². The number of allylic oxidation sites excluding steroid dienone is 1. The summed E-state index contributed by atoms with van der Waals surface area (Å²) in [7, 11) is 0. The fraction of sp³-hybridized carbons (Fsp3) is 0.139. The number of nitrogens with zero attached hydrogens (tertiary/aromatic N) is 3. The van der Waals surface area contributed by atoms with Crippen LogP contribution < -0.4 is 0 Å². The Morgan fingerprint density at radius 3 is 2.29 bits per heavy atom. The lowest BCUT2D eigenvalue weighted by Gasteiger charge is -2.30. The SMILES string of the molecule is O=C(c1cc(-c2ccccc2)nc2ccccc12)N1N=C2/C(=C\c3ccc(Cl)cc3)CCC[C@H]2[C@@H]1c1ccc(Cl)cc1. The van der Waals surface area contributed by atoms with Crippen LogP contribution in [0.3, 0.4) is 0 Å². The van der Waals surface area contributed by atoms with Gasteiger partial charge < -0.3 is 0 Å². The lowest BCUT2D eigenvalue weighted by molar-refractivity contribution is 0.0683. The van der Waals surface area contributed by atoms with Crippen LogP contribution >= 0.6 is 23.2 Å². The number of pyridine rings is 1. The molecule has 5 aromatic rings. The highest BCUT2D eigenvalue weighted by Crippen LogP contribution is 2.45. The Morgan fingerprint density at radius 1 is 0.833 bits per heavy atom. The summed E-state index contributed by atoms with van der Waals surface area (Å²) in [6.45, 7) is 0. The van der Waals surface area contributed by atoms with Gasteiger partial charge in [-0.15, -0.1) is 0 Å². The molecule has 7 rings (SSSR count). The number of carbonyl (C=O) groups is 1. The Labute approximate surface area is 254 Å². The maximum absolute atomic E-state index is 14.7. The molecule has 2 heterocycles. The average Bonchev–Trinajstić information content (AvgIpc) is 3.43. The van der Waals surface area contributed by atoms with Crippen molar-refractivity contribution in [2.24, 2.45) is 11.0 Å². The first-order chi connectivity index (χ1) is 20.5. The van der Waals surface area contributed by atoms with Gasteiger partial charge in [-0.25, -0.2) is 9.99 Å². The molecule has 4 nitrogen and oxygen atoms in total. The van der Waals surface area contributed by atoms with Gasteiger partial charge in [0.25, 0.3) is 5.91 Å². The van der Waals surface area contributed by atoms with Crippen molar-refractivity contribution in [1.82, 2.24) is 9.99 Å². The van der Waals surface area contributed by atoms with Crippen molar-refractivity contribution in [3.63, 3.8) is 0 Å². The van der Waals surface area contributed by atoms with E-state index in [1.165, 1.54) is 0 Å². The molecule has 0 spiro atoms. The molecule has 1 aromatic heterocycles. The molecule has 0 bridgehead atoms. The van der Waals surface area contributed by atoms with E-state index in [0.29, 0.717) is 15.6 Å². The quantitative estimate of drug-likeness (QED) is 0.210. The predicted octanol–water partition coefficient (Wildman–Crippen LogP) is 9.65. The molecule has 4 aromatic carbocycles. The lowest BCUT2D eigenvalue weighted by atomic mass is 9.77. The number of amides is 1. The first-order valence-corrected chi connectivity index (χ1v) is 14.9. The standard InChI is InChI=1S/C36H27Cl2N3O/c37-27-17-13-23(14-18-27)21-26-9-6-11-30-34(26)40-41(35(30)25-15-19-28(38)20-16-25)36(42)31-22-33(24-7-2-1-3-8-24)39-32-12-5-4-10-29(31)32/h1-5,7-8,10,12-22,30,35H,6,9,11H2/b26-21-/t30-,35+/m1/s1. The molecular formula is C36H27Cl2N3O. The van der Waals surface area contributed by atoms with Crippen molar-refractivity contribution < 1.29 is 4.79 Å². The van der Waals surface area contributed by atoms with Crippen LogP contribution in [0.15, 0.2) is 120 Å². The van der Waals surface area contributed by atoms with Gasteiger partial charge in [0.1, 0.15) is 0 Å². The normalized spacial score (nSPS) is 19.1. The van der Waals surface area contributed by atoms with Crippen molar-refractivity contribution in [3.05, 3.63) is 142 Å². The van der Waals surface area contributed by atoms with Crippen LogP contribution in [0.4, 0.5) is 0 Å². The monoisotopic (exact) mass is 587 g/mol. The zero-order valence-electron chi connectivity index (χ0n) is 22.8. The van der Waals surface area contributed by atoms with Crippen LogP contribution in [-0.2, 0) is 0 Å². The third-order valence-electron chi connectivity index (χ3n) is 8.15. The number of carbonyl (C=O) groups excluding carboxylic acids is 1. The number of benzene rings is 4. The van der Waals surface area contributed by atoms with E-state index in [-0.39, 0.29) is 17.9 Å². The molecule has 206 valence electrons. The van der Waals surface area contributed by atoms with Crippen LogP contribution in [0.25, 0.3) is 28.2 Å². The molecule has 42 heavy (non-hydrogen) atoms. The molecule has 2 atom stereocenters. The van der Waals surface area contributed by atoms with Crippen LogP contribution in [-0.4, -0.2) is 21.6 Å². The van der Waals surface area contributed by atoms with Crippen molar-refractivity contribution >= 4 is 51.8 Å². The van der Waals surface area contributed by atoms with Gasteiger partial charge in [-0.05, 0) is 78.4 Å². The summed E-state index contributed by atoms with van der Waals surface area (Å²) in [5.74, 6) is -0.0670. The second kappa shape index (κ2) is 11.2. The summed E-state index contributed by atoms with van der Waals surface area (Å²) in [6.07, 6.45) is 5.05. The van der Waals surface area contributed by atoms with E-state index in [1.54, 1.807) is 5.01 Å². The molecular weight excluding hydrogens is 561 g/mol. The zero-order valence-corrected chi connectivity index (χ0v) is 24.3. The van der Waals surface area contributed by atoms with Crippen LogP contribution in [0.1, 0.15) is 46.8 Å². The van der Waals surface area contributed by atoms with E-state index in [4.69, 9.17) is 33.3 Å². The summed E-state index contributed by atoms with van der Waals surface area (Å²) in [6, 6.07) is 35.1. The van der Waals surface area contributed by atoms with E-state index < -0.39 is 0 Å². The molecule has 0 unspecified atom stereocenters. The van der Waals surface area contributed by atoms with Crippen molar-refractivity contribution in [2.45, 2.75) is 25.3 Å². The number of rotatable bonds is 4. The Hall–Kier alpha value is -4.25. The molecule has 0 radical (unpaired) electrons. The highest BCUT2D eigenvalue weighted by Gasteiger charge is 2.44. The number of hydrogen-bond acceptors (Lipinski definition) is 3. The van der Waals surface area contributed by atoms with E-state index in [1.807, 2.05) is 109 Å². The topological polar surface area (TPSA) is 45.6 Å². The lowest BCUT2D eigenvalue weighted by Crippen LogP contribution is -2.32. The molecule has 1 aliphatic carbocycles. The maximum Gasteiger partial charge on any atom is 0.275 e. The van der Waals surface area contributed by atoms with Crippen LogP contribution in [0.5, 0.6) is 0 Å². The molecule has 2 aliphatic rings. The van der Waals surface area contributed by atoms with Gasteiger partial charge in [-0.1, -0.05) is 96.0 Å². The minimum atomic E-state index is -0.245. The molecule has 6 heteroatoms. The zero-order chi connectivity index (χ0) is 28.6. The highest BCUT2D eigenvalue weighted by molar-refractivity contribution is 6.30. The first-order valence-electron chi connectivity index (χ1n) is 14.1. The van der Waals surface area contributed by atoms with Crippen LogP contribution in [0.2, 0.25) is 10.0 Å². The second-order valence-corrected chi connectivity index (χ2v) is 11.7. The van der Waals surface area contributed by atoms with Gasteiger partial charge in [0.15, 0.2) is 0 Å². The summed E-state index contributed by atoms with van der Waals surface area (Å²) < 4.78 is 0. The highest BCUT2D eigenvalue weighted by atomic mass is 35.5. The molecule has 1 fully saturated rings. The molecule has 0 saturated heterocycles. The minimum Gasteiger partial charge on any atom is -0.267 e. The van der Waals surface area contributed by atoms with Gasteiger partial charge in [0.05, 0.1) is 28.5 Å². The van der Waals surface area contributed by atoms with E-state index in [2.05, 4.69) is 6.08 Å². The van der Waals surface area contributed by atoms with Crippen molar-refractivity contribution in [2.75, 3.05) is 0 Å². The summed E-state index contributed by atoms with van der Waals surface area (Å²) >= 11 is 12.4. The van der Waals surface area contributed by atoms with Crippen LogP contribution in [0, 0.1) is 5.92 Å². The van der Waals surface area contributed by atoms with E-state index in [9.17, 15) is 4.79 Å². The van der Waals surface area contributed by atoms with Gasteiger partial charge >= 0.3 is 0 Å². The Balaban J connectivity index is 1.37. The minimum absolute atomic E-state index is 0.0733. The predicted molar refractivity (Wildman–Crippen MR) is 172 cm³/mol. The van der Waals surface area contributed by atoms with Gasteiger partial charge in [-0.3, -0.25) is 4.79 Å². The third kappa shape index (κ3) is 5.02. The van der Waals surface area contributed by atoms with E-state index in [0.717, 1.165) is 63.8 Å². The number of fused-ring (bicyclic) bond motifs is 2. The summed E-state index contributed by atoms with van der Waals surface area (Å²) in [5, 5.41) is 9.01. The fourth-order valence-electron chi connectivity index (χ4n) is 6.15. The average molecular weight is 589 g/mol. The number of hydrogen-bond donors (Lipinski definition) is 0. The molecule has 1 amide bonds. The first kappa shape index (κ1) is 26.6. The maximum atomic E-state index is 14.7. The Bertz CT molecular complexity index is 1850. The fourth-order valence-corrected chi connectivity index (χ4v) is 6.41. The Kier molecular flexibility index (Phi) is 7.10. The Morgan fingerprint density at radius 2 is 1.52 bits per heavy atom. The number of aromatic nitrogens is 1. The van der Waals surface area contributed by atoms with E-state index >= 15 is 0 Å². The molecule has 1 saturated carbocycles. The summed E-state index contributed by atoms with van der Waals surface area (Å²) in [4.78, 5) is 19.6. The van der Waals surface area contributed by atoms with Gasteiger partial charge in [0.2, 0.25) is 0 Å². The molecule has 1 aliphatic heterocycles. The molecule has 0 N–H and O–H groups in total. The summed E-state index contributed by atoms with van der Waals surface area (Å²) in [5.41, 5.74) is 7.31.